The monoisotopic (exact) mass is 355 g/mol. The summed E-state index contributed by atoms with van der Waals surface area (Å²) in [5.41, 5.74) is 0.955. The van der Waals surface area contributed by atoms with Crippen molar-refractivity contribution in [2.24, 2.45) is 5.92 Å². The lowest BCUT2D eigenvalue weighted by Gasteiger charge is -2.19. The Labute approximate surface area is 140 Å². The second kappa shape index (κ2) is 6.20. The van der Waals surface area contributed by atoms with Gasteiger partial charge in [-0.05, 0) is 36.5 Å². The molecular weight excluding hydrogens is 341 g/mol. The van der Waals surface area contributed by atoms with Gasteiger partial charge in [0.2, 0.25) is 10.0 Å². The molecule has 0 spiro atoms. The van der Waals surface area contributed by atoms with E-state index in [-0.39, 0.29) is 21.0 Å². The summed E-state index contributed by atoms with van der Waals surface area (Å²) >= 11 is 12.1. The van der Waals surface area contributed by atoms with E-state index in [0.29, 0.717) is 5.92 Å². The van der Waals surface area contributed by atoms with E-state index in [9.17, 15) is 8.42 Å². The highest BCUT2D eigenvalue weighted by Crippen LogP contribution is 2.42. The molecule has 1 aliphatic rings. The van der Waals surface area contributed by atoms with Crippen LogP contribution >= 0.6 is 23.2 Å². The van der Waals surface area contributed by atoms with E-state index in [4.69, 9.17) is 23.2 Å². The first-order chi connectivity index (χ1) is 10.5. The Bertz CT molecular complexity index is 754. The van der Waals surface area contributed by atoms with Gasteiger partial charge in [-0.15, -0.1) is 0 Å². The Morgan fingerprint density at radius 1 is 0.955 bits per heavy atom. The van der Waals surface area contributed by atoms with Gasteiger partial charge in [0, 0.05) is 6.04 Å². The molecule has 0 heterocycles. The molecule has 0 aliphatic heterocycles. The zero-order valence-electron chi connectivity index (χ0n) is 11.7. The van der Waals surface area contributed by atoms with Gasteiger partial charge in [0.15, 0.2) is 0 Å². The van der Waals surface area contributed by atoms with Crippen LogP contribution in [0.15, 0.2) is 53.4 Å². The van der Waals surface area contributed by atoms with Crippen LogP contribution in [0.3, 0.4) is 0 Å². The second-order valence-electron chi connectivity index (χ2n) is 5.40. The number of halogens is 2. The summed E-state index contributed by atoms with van der Waals surface area (Å²) in [6, 6.07) is 14.0. The van der Waals surface area contributed by atoms with Crippen LogP contribution in [0.5, 0.6) is 0 Å². The molecule has 3 rings (SSSR count). The number of benzene rings is 2. The molecule has 1 aliphatic carbocycles. The van der Waals surface area contributed by atoms with Gasteiger partial charge in [-0.2, -0.15) is 0 Å². The largest absolute Gasteiger partial charge is 0.244 e. The van der Waals surface area contributed by atoms with Crippen molar-refractivity contribution >= 4 is 33.2 Å². The summed E-state index contributed by atoms with van der Waals surface area (Å²) < 4.78 is 28.2. The number of hydrogen-bond acceptors (Lipinski definition) is 2. The van der Waals surface area contributed by atoms with Gasteiger partial charge in [-0.25, -0.2) is 13.1 Å². The summed E-state index contributed by atoms with van der Waals surface area (Å²) in [4.78, 5) is -0.0556. The van der Waals surface area contributed by atoms with Gasteiger partial charge >= 0.3 is 0 Å². The zero-order valence-corrected chi connectivity index (χ0v) is 14.0. The third-order valence-corrected chi connectivity index (χ3v) is 6.12. The normalized spacial score (nSPS) is 16.5. The molecule has 1 fully saturated rings. The second-order valence-corrected chi connectivity index (χ2v) is 7.86. The first kappa shape index (κ1) is 15.8. The molecule has 1 N–H and O–H groups in total. The Morgan fingerprint density at radius 2 is 1.55 bits per heavy atom. The molecular formula is C16H15Cl2NO2S. The predicted octanol–water partition coefficient (Wildman–Crippen LogP) is 4.42. The fourth-order valence-electron chi connectivity index (χ4n) is 2.49. The lowest BCUT2D eigenvalue weighted by atomic mass is 10.0. The molecule has 2 aromatic carbocycles. The van der Waals surface area contributed by atoms with Crippen molar-refractivity contribution in [2.45, 2.75) is 23.8 Å². The molecule has 116 valence electrons. The van der Waals surface area contributed by atoms with Crippen LogP contribution in [-0.2, 0) is 10.0 Å². The van der Waals surface area contributed by atoms with Gasteiger partial charge < -0.3 is 0 Å². The van der Waals surface area contributed by atoms with Gasteiger partial charge in [0.1, 0.15) is 4.90 Å². The van der Waals surface area contributed by atoms with E-state index in [1.165, 1.54) is 12.1 Å². The fraction of sp³-hybridized carbons (Fsp3) is 0.250. The predicted molar refractivity (Wildman–Crippen MR) is 88.7 cm³/mol. The molecule has 22 heavy (non-hydrogen) atoms. The van der Waals surface area contributed by atoms with E-state index in [1.807, 2.05) is 30.3 Å². The maximum Gasteiger partial charge on any atom is 0.244 e. The highest BCUT2D eigenvalue weighted by atomic mass is 35.5. The molecule has 2 aromatic rings. The number of rotatable bonds is 5. The lowest BCUT2D eigenvalue weighted by molar-refractivity contribution is 0.529. The van der Waals surface area contributed by atoms with E-state index in [2.05, 4.69) is 4.72 Å². The van der Waals surface area contributed by atoms with Crippen molar-refractivity contribution in [3.05, 3.63) is 64.1 Å². The first-order valence-corrected chi connectivity index (χ1v) is 9.24. The lowest BCUT2D eigenvalue weighted by Crippen LogP contribution is -2.30. The highest BCUT2D eigenvalue weighted by Gasteiger charge is 2.36. The van der Waals surface area contributed by atoms with Gasteiger partial charge in [0.25, 0.3) is 0 Å². The molecule has 3 nitrogen and oxygen atoms in total. The van der Waals surface area contributed by atoms with Crippen molar-refractivity contribution in [3.63, 3.8) is 0 Å². The van der Waals surface area contributed by atoms with Gasteiger partial charge in [0.05, 0.1) is 10.0 Å². The van der Waals surface area contributed by atoms with E-state index in [1.54, 1.807) is 6.07 Å². The standard InChI is InChI=1S/C16H15Cl2NO2S/c17-13-7-4-8-14(18)16(13)22(20,21)19-15(12-9-10-12)11-5-2-1-3-6-11/h1-8,12,15,19H,9-10H2/t15-/m1/s1. The topological polar surface area (TPSA) is 46.2 Å². The Hall–Kier alpha value is -1.07. The van der Waals surface area contributed by atoms with Crippen LogP contribution in [0.2, 0.25) is 10.0 Å². The quantitative estimate of drug-likeness (QED) is 0.862. The zero-order chi connectivity index (χ0) is 15.7. The van der Waals surface area contributed by atoms with E-state index in [0.717, 1.165) is 18.4 Å². The molecule has 0 bridgehead atoms. The van der Waals surface area contributed by atoms with Crippen molar-refractivity contribution < 1.29 is 8.42 Å². The third kappa shape index (κ3) is 3.30. The summed E-state index contributed by atoms with van der Waals surface area (Å²) in [6.45, 7) is 0. The minimum Gasteiger partial charge on any atom is -0.207 e. The number of hydrogen-bond donors (Lipinski definition) is 1. The average molecular weight is 356 g/mol. The first-order valence-electron chi connectivity index (χ1n) is 7.00. The van der Waals surface area contributed by atoms with Crippen LogP contribution in [-0.4, -0.2) is 8.42 Å². The summed E-state index contributed by atoms with van der Waals surface area (Å²) in [6.07, 6.45) is 2.02. The molecule has 0 aromatic heterocycles. The Balaban J connectivity index is 1.96. The van der Waals surface area contributed by atoms with Crippen LogP contribution in [0.1, 0.15) is 24.4 Å². The van der Waals surface area contributed by atoms with Crippen LogP contribution in [0.4, 0.5) is 0 Å². The van der Waals surface area contributed by atoms with Crippen LogP contribution < -0.4 is 4.72 Å². The molecule has 0 amide bonds. The number of sulfonamides is 1. The summed E-state index contributed by atoms with van der Waals surface area (Å²) in [5.74, 6) is 0.318. The molecule has 1 saturated carbocycles. The SMILES string of the molecule is O=S(=O)(N[C@H](c1ccccc1)C1CC1)c1c(Cl)cccc1Cl. The van der Waals surface area contributed by atoms with Crippen molar-refractivity contribution in [1.29, 1.82) is 0 Å². The maximum absolute atomic E-state index is 12.7. The number of nitrogens with one attached hydrogen (secondary N) is 1. The average Bonchev–Trinajstić information content (AvgIpc) is 3.30. The van der Waals surface area contributed by atoms with E-state index < -0.39 is 10.0 Å². The van der Waals surface area contributed by atoms with Crippen molar-refractivity contribution in [3.8, 4) is 0 Å². The van der Waals surface area contributed by atoms with Crippen molar-refractivity contribution in [2.75, 3.05) is 0 Å². The van der Waals surface area contributed by atoms with Gasteiger partial charge in [-0.3, -0.25) is 0 Å². The highest BCUT2D eigenvalue weighted by molar-refractivity contribution is 7.89. The van der Waals surface area contributed by atoms with Crippen molar-refractivity contribution in [1.82, 2.24) is 4.72 Å². The van der Waals surface area contributed by atoms with Gasteiger partial charge in [-0.1, -0.05) is 59.6 Å². The summed E-state index contributed by atoms with van der Waals surface area (Å²) in [7, 11) is -3.79. The van der Waals surface area contributed by atoms with Crippen LogP contribution in [0, 0.1) is 5.92 Å². The smallest absolute Gasteiger partial charge is 0.207 e. The Morgan fingerprint density at radius 3 is 2.09 bits per heavy atom. The minimum absolute atomic E-state index is 0.0556. The molecule has 0 unspecified atom stereocenters. The molecule has 6 heteroatoms. The maximum atomic E-state index is 12.7. The molecule has 0 radical (unpaired) electrons. The molecule has 0 saturated heterocycles. The summed E-state index contributed by atoms with van der Waals surface area (Å²) in [5, 5.41) is 0.255. The Kier molecular flexibility index (Phi) is 4.46. The fourth-order valence-corrected chi connectivity index (χ4v) is 4.93. The van der Waals surface area contributed by atoms with E-state index >= 15 is 0 Å². The third-order valence-electron chi connectivity index (χ3n) is 3.72. The minimum atomic E-state index is -3.79. The molecule has 1 atom stereocenters. The van der Waals surface area contributed by atoms with Crippen LogP contribution in [0.25, 0.3) is 0 Å².